The molecule has 20 heavy (non-hydrogen) atoms. The van der Waals surface area contributed by atoms with E-state index in [0.717, 1.165) is 21.5 Å². The predicted octanol–water partition coefficient (Wildman–Crippen LogP) is 1.92. The first-order valence-corrected chi connectivity index (χ1v) is 7.06. The maximum atomic E-state index is 12.1. The fraction of sp³-hybridized carbons (Fsp3) is 0.308. The molecule has 3 rings (SSSR count). The molecule has 104 valence electrons. The summed E-state index contributed by atoms with van der Waals surface area (Å²) in [5, 5.41) is 14.1. The van der Waals surface area contributed by atoms with Crippen LogP contribution >= 0.6 is 15.9 Å². The molecule has 2 N–H and O–H groups in total. The lowest BCUT2D eigenvalue weighted by molar-refractivity contribution is -0.117. The lowest BCUT2D eigenvalue weighted by Gasteiger charge is -2.18. The van der Waals surface area contributed by atoms with Gasteiger partial charge in [-0.2, -0.15) is 0 Å². The SMILES string of the molecule is CC(NC1C(=O)Nc2cccc(Br)c21)c1nncn1C. The Morgan fingerprint density at radius 1 is 1.50 bits per heavy atom. The molecule has 1 aromatic carbocycles. The van der Waals surface area contributed by atoms with Crippen molar-refractivity contribution < 1.29 is 4.79 Å². The molecule has 2 aromatic rings. The monoisotopic (exact) mass is 335 g/mol. The molecule has 2 atom stereocenters. The quantitative estimate of drug-likeness (QED) is 0.898. The van der Waals surface area contributed by atoms with Crippen LogP contribution in [0.2, 0.25) is 0 Å². The van der Waals surface area contributed by atoms with Crippen LogP contribution in [0, 0.1) is 0 Å². The minimum absolute atomic E-state index is 0.0547. The summed E-state index contributed by atoms with van der Waals surface area (Å²) in [7, 11) is 1.88. The maximum absolute atomic E-state index is 12.1. The van der Waals surface area contributed by atoms with Crippen molar-refractivity contribution in [3.05, 3.63) is 40.4 Å². The van der Waals surface area contributed by atoms with E-state index in [0.29, 0.717) is 0 Å². The summed E-state index contributed by atoms with van der Waals surface area (Å²) in [4.78, 5) is 12.1. The first-order chi connectivity index (χ1) is 9.58. The smallest absolute Gasteiger partial charge is 0.246 e. The highest BCUT2D eigenvalue weighted by molar-refractivity contribution is 9.10. The average molecular weight is 336 g/mol. The predicted molar refractivity (Wildman–Crippen MR) is 78.1 cm³/mol. The molecule has 7 heteroatoms. The van der Waals surface area contributed by atoms with Gasteiger partial charge in [-0.05, 0) is 19.1 Å². The second-order valence-corrected chi connectivity index (χ2v) is 5.67. The molecule has 1 aliphatic rings. The molecule has 2 heterocycles. The largest absolute Gasteiger partial charge is 0.324 e. The molecule has 1 aromatic heterocycles. The van der Waals surface area contributed by atoms with Crippen molar-refractivity contribution in [2.24, 2.45) is 7.05 Å². The number of benzene rings is 1. The number of aromatic nitrogens is 3. The molecule has 0 bridgehead atoms. The number of nitrogens with zero attached hydrogens (tertiary/aromatic N) is 3. The van der Waals surface area contributed by atoms with E-state index in [1.807, 2.05) is 36.7 Å². The third-order valence-electron chi connectivity index (χ3n) is 3.41. The van der Waals surface area contributed by atoms with Crippen LogP contribution in [-0.2, 0) is 11.8 Å². The van der Waals surface area contributed by atoms with Gasteiger partial charge in [-0.1, -0.05) is 22.0 Å². The van der Waals surface area contributed by atoms with Crippen LogP contribution in [0.25, 0.3) is 0 Å². The van der Waals surface area contributed by atoms with Crippen LogP contribution in [0.4, 0.5) is 5.69 Å². The Bertz CT molecular complexity index is 669. The Kier molecular flexibility index (Phi) is 3.31. The standard InChI is InChI=1S/C13H14BrN5O/c1-7(12-18-15-6-19(12)2)16-11-10-8(14)4-3-5-9(10)17-13(11)20/h3-7,11,16H,1-2H3,(H,17,20). The van der Waals surface area contributed by atoms with Crippen LogP contribution in [-0.4, -0.2) is 20.7 Å². The number of carbonyl (C=O) groups is 1. The third kappa shape index (κ3) is 2.12. The third-order valence-corrected chi connectivity index (χ3v) is 4.10. The fourth-order valence-corrected chi connectivity index (χ4v) is 3.04. The number of amides is 1. The maximum Gasteiger partial charge on any atom is 0.246 e. The molecule has 0 spiro atoms. The highest BCUT2D eigenvalue weighted by Crippen LogP contribution is 2.37. The van der Waals surface area contributed by atoms with Gasteiger partial charge >= 0.3 is 0 Å². The van der Waals surface area contributed by atoms with E-state index in [1.165, 1.54) is 0 Å². The highest BCUT2D eigenvalue weighted by atomic mass is 79.9. The lowest BCUT2D eigenvalue weighted by Crippen LogP contribution is -2.31. The summed E-state index contributed by atoms with van der Waals surface area (Å²) < 4.78 is 2.75. The van der Waals surface area contributed by atoms with Crippen molar-refractivity contribution in [3.63, 3.8) is 0 Å². The number of hydrogen-bond donors (Lipinski definition) is 2. The number of anilines is 1. The first-order valence-electron chi connectivity index (χ1n) is 6.27. The molecule has 1 amide bonds. The van der Waals surface area contributed by atoms with E-state index < -0.39 is 6.04 Å². The molecular formula is C13H14BrN5O. The van der Waals surface area contributed by atoms with Gasteiger partial charge in [-0.3, -0.25) is 10.1 Å². The molecule has 0 saturated heterocycles. The number of aryl methyl sites for hydroxylation is 1. The zero-order valence-electron chi connectivity index (χ0n) is 11.1. The molecule has 0 radical (unpaired) electrons. The number of fused-ring (bicyclic) bond motifs is 1. The van der Waals surface area contributed by atoms with Crippen LogP contribution in [0.1, 0.15) is 30.4 Å². The molecule has 0 fully saturated rings. The minimum Gasteiger partial charge on any atom is -0.324 e. The minimum atomic E-state index is -0.396. The van der Waals surface area contributed by atoms with Gasteiger partial charge in [-0.15, -0.1) is 10.2 Å². The molecule has 0 saturated carbocycles. The van der Waals surface area contributed by atoms with Gasteiger partial charge in [0.2, 0.25) is 5.91 Å². The van der Waals surface area contributed by atoms with Gasteiger partial charge in [0.1, 0.15) is 18.2 Å². The van der Waals surface area contributed by atoms with E-state index in [-0.39, 0.29) is 11.9 Å². The highest BCUT2D eigenvalue weighted by Gasteiger charge is 2.33. The Labute approximate surface area is 124 Å². The van der Waals surface area contributed by atoms with Crippen molar-refractivity contribution in [2.45, 2.75) is 19.0 Å². The van der Waals surface area contributed by atoms with Crippen molar-refractivity contribution in [2.75, 3.05) is 5.32 Å². The second kappa shape index (κ2) is 4.99. The first kappa shape index (κ1) is 13.3. The molecular weight excluding hydrogens is 322 g/mol. The van der Waals surface area contributed by atoms with E-state index in [1.54, 1.807) is 6.33 Å². The summed E-state index contributed by atoms with van der Waals surface area (Å²) in [6.07, 6.45) is 1.64. The van der Waals surface area contributed by atoms with Crippen molar-refractivity contribution in [1.82, 2.24) is 20.1 Å². The normalized spacial score (nSPS) is 18.8. The van der Waals surface area contributed by atoms with Crippen LogP contribution < -0.4 is 10.6 Å². The summed E-state index contributed by atoms with van der Waals surface area (Å²) in [6, 6.07) is 5.24. The Balaban J connectivity index is 1.89. The Hall–Kier alpha value is -1.73. The zero-order valence-corrected chi connectivity index (χ0v) is 12.7. The van der Waals surface area contributed by atoms with Gasteiger partial charge in [-0.25, -0.2) is 0 Å². The zero-order chi connectivity index (χ0) is 14.3. The van der Waals surface area contributed by atoms with E-state index >= 15 is 0 Å². The number of carbonyl (C=O) groups excluding carboxylic acids is 1. The lowest BCUT2D eigenvalue weighted by atomic mass is 10.1. The summed E-state index contributed by atoms with van der Waals surface area (Å²) in [5.41, 5.74) is 1.78. The van der Waals surface area contributed by atoms with Crippen LogP contribution in [0.15, 0.2) is 29.0 Å². The van der Waals surface area contributed by atoms with Gasteiger partial charge in [0.15, 0.2) is 0 Å². The van der Waals surface area contributed by atoms with E-state index in [2.05, 4.69) is 36.8 Å². The van der Waals surface area contributed by atoms with Gasteiger partial charge < -0.3 is 9.88 Å². The molecule has 0 aliphatic carbocycles. The molecule has 6 nitrogen and oxygen atoms in total. The van der Waals surface area contributed by atoms with E-state index in [4.69, 9.17) is 0 Å². The van der Waals surface area contributed by atoms with Gasteiger partial charge in [0, 0.05) is 22.8 Å². The van der Waals surface area contributed by atoms with Gasteiger partial charge in [0.25, 0.3) is 0 Å². The van der Waals surface area contributed by atoms with Crippen LogP contribution in [0.5, 0.6) is 0 Å². The van der Waals surface area contributed by atoms with Crippen molar-refractivity contribution in [1.29, 1.82) is 0 Å². The number of rotatable bonds is 3. The summed E-state index contributed by atoms with van der Waals surface area (Å²) in [6.45, 7) is 1.96. The van der Waals surface area contributed by atoms with Crippen molar-refractivity contribution in [3.8, 4) is 0 Å². The average Bonchev–Trinajstić information content (AvgIpc) is 2.95. The Morgan fingerprint density at radius 3 is 3.00 bits per heavy atom. The summed E-state index contributed by atoms with van der Waals surface area (Å²) >= 11 is 3.50. The van der Waals surface area contributed by atoms with Crippen molar-refractivity contribution >= 4 is 27.5 Å². The number of halogens is 1. The fourth-order valence-electron chi connectivity index (χ4n) is 2.44. The Morgan fingerprint density at radius 2 is 2.30 bits per heavy atom. The number of nitrogens with one attached hydrogen (secondary N) is 2. The topological polar surface area (TPSA) is 71.8 Å². The molecule has 2 unspecified atom stereocenters. The number of hydrogen-bond acceptors (Lipinski definition) is 4. The van der Waals surface area contributed by atoms with Crippen LogP contribution in [0.3, 0.4) is 0 Å². The molecule has 1 aliphatic heterocycles. The second-order valence-electron chi connectivity index (χ2n) is 4.81. The van der Waals surface area contributed by atoms with E-state index in [9.17, 15) is 4.79 Å². The van der Waals surface area contributed by atoms with Gasteiger partial charge in [0.05, 0.1) is 6.04 Å². The summed E-state index contributed by atoms with van der Waals surface area (Å²) in [5.74, 6) is 0.735.